The number of carbonyl (C=O) groups is 2. The first-order chi connectivity index (χ1) is 9.76. The molecule has 1 fully saturated rings. The Kier molecular flexibility index (Phi) is 6.20. The molecule has 1 heterocycles. The Morgan fingerprint density at radius 3 is 2.38 bits per heavy atom. The lowest BCUT2D eigenvalue weighted by Crippen LogP contribution is -2.70. The predicted molar refractivity (Wildman–Crippen MR) is 82.9 cm³/mol. The second-order valence-corrected chi connectivity index (χ2v) is 6.42. The zero-order valence-electron chi connectivity index (χ0n) is 14.2. The van der Waals surface area contributed by atoms with Crippen LogP contribution in [0.2, 0.25) is 0 Å². The minimum absolute atomic E-state index is 0.00209. The van der Waals surface area contributed by atoms with Crippen LogP contribution in [0.25, 0.3) is 0 Å². The van der Waals surface area contributed by atoms with Crippen LogP contribution in [0.1, 0.15) is 54.4 Å². The van der Waals surface area contributed by atoms with Crippen molar-refractivity contribution in [1.82, 2.24) is 10.2 Å². The van der Waals surface area contributed by atoms with Gasteiger partial charge in [-0.1, -0.05) is 27.2 Å². The SMILES string of the molecule is CCC(C)C1C(=O)NC(C)(CC)C(=O)N1CCOC(C)C. The van der Waals surface area contributed by atoms with Gasteiger partial charge in [-0.25, -0.2) is 0 Å². The second kappa shape index (κ2) is 7.25. The standard InChI is InChI=1S/C16H30N2O3/c1-7-12(5)13-14(19)17-16(6,8-2)15(20)18(13)9-10-21-11(3)4/h11-13H,7-10H2,1-6H3,(H,17,19). The topological polar surface area (TPSA) is 58.6 Å². The van der Waals surface area contributed by atoms with Crippen LogP contribution in [0.4, 0.5) is 0 Å². The lowest BCUT2D eigenvalue weighted by atomic mass is 9.87. The van der Waals surface area contributed by atoms with E-state index in [4.69, 9.17) is 4.74 Å². The van der Waals surface area contributed by atoms with E-state index in [1.54, 1.807) is 11.8 Å². The fourth-order valence-corrected chi connectivity index (χ4v) is 2.64. The third kappa shape index (κ3) is 3.96. The smallest absolute Gasteiger partial charge is 0.248 e. The van der Waals surface area contributed by atoms with E-state index >= 15 is 0 Å². The predicted octanol–water partition coefficient (Wildman–Crippen LogP) is 1.95. The van der Waals surface area contributed by atoms with E-state index in [2.05, 4.69) is 5.32 Å². The summed E-state index contributed by atoms with van der Waals surface area (Å²) >= 11 is 0. The first kappa shape index (κ1) is 18.0. The molecule has 0 saturated carbocycles. The number of nitrogens with zero attached hydrogens (tertiary/aromatic N) is 1. The minimum atomic E-state index is -0.793. The molecule has 0 aliphatic carbocycles. The van der Waals surface area contributed by atoms with E-state index in [1.165, 1.54) is 0 Å². The first-order valence-electron chi connectivity index (χ1n) is 8.01. The van der Waals surface area contributed by atoms with Gasteiger partial charge in [-0.2, -0.15) is 0 Å². The van der Waals surface area contributed by atoms with Crippen LogP contribution in [0.15, 0.2) is 0 Å². The quantitative estimate of drug-likeness (QED) is 0.781. The Balaban J connectivity index is 2.95. The molecule has 0 aromatic heterocycles. The van der Waals surface area contributed by atoms with Crippen molar-refractivity contribution in [2.75, 3.05) is 13.2 Å². The van der Waals surface area contributed by atoms with Crippen LogP contribution in [-0.4, -0.2) is 47.6 Å². The molecule has 122 valence electrons. The average molecular weight is 298 g/mol. The van der Waals surface area contributed by atoms with Crippen molar-refractivity contribution in [3.05, 3.63) is 0 Å². The summed E-state index contributed by atoms with van der Waals surface area (Å²) in [7, 11) is 0. The second-order valence-electron chi connectivity index (χ2n) is 6.42. The molecule has 0 aromatic rings. The maximum absolute atomic E-state index is 12.8. The summed E-state index contributed by atoms with van der Waals surface area (Å²) < 4.78 is 5.57. The molecule has 21 heavy (non-hydrogen) atoms. The fourth-order valence-electron chi connectivity index (χ4n) is 2.64. The van der Waals surface area contributed by atoms with Crippen molar-refractivity contribution in [2.45, 2.75) is 72.1 Å². The molecule has 5 nitrogen and oxygen atoms in total. The zero-order valence-corrected chi connectivity index (χ0v) is 14.2. The first-order valence-corrected chi connectivity index (χ1v) is 8.01. The molecule has 1 N–H and O–H groups in total. The Morgan fingerprint density at radius 1 is 1.29 bits per heavy atom. The third-order valence-corrected chi connectivity index (χ3v) is 4.41. The van der Waals surface area contributed by atoms with Crippen molar-refractivity contribution in [1.29, 1.82) is 0 Å². The molecule has 1 saturated heterocycles. The van der Waals surface area contributed by atoms with Crippen molar-refractivity contribution < 1.29 is 14.3 Å². The van der Waals surface area contributed by atoms with Gasteiger partial charge in [-0.3, -0.25) is 9.59 Å². The molecule has 0 spiro atoms. The highest BCUT2D eigenvalue weighted by Gasteiger charge is 2.48. The molecule has 1 rings (SSSR count). The Hall–Kier alpha value is -1.10. The number of hydrogen-bond donors (Lipinski definition) is 1. The molecule has 1 aliphatic rings. The maximum Gasteiger partial charge on any atom is 0.248 e. The normalized spacial score (nSPS) is 28.0. The summed E-state index contributed by atoms with van der Waals surface area (Å²) in [4.78, 5) is 27.0. The van der Waals surface area contributed by atoms with Crippen molar-refractivity contribution in [3.8, 4) is 0 Å². The molecule has 5 heteroatoms. The molecule has 0 bridgehead atoms. The molecule has 0 aromatic carbocycles. The van der Waals surface area contributed by atoms with Gasteiger partial charge in [0.05, 0.1) is 12.7 Å². The highest BCUT2D eigenvalue weighted by molar-refractivity contribution is 5.99. The Morgan fingerprint density at radius 2 is 1.90 bits per heavy atom. The van der Waals surface area contributed by atoms with E-state index in [0.29, 0.717) is 19.6 Å². The summed E-state index contributed by atoms with van der Waals surface area (Å²) in [6.45, 7) is 12.6. The van der Waals surface area contributed by atoms with Gasteiger partial charge < -0.3 is 15.0 Å². The van der Waals surface area contributed by atoms with Crippen molar-refractivity contribution in [3.63, 3.8) is 0 Å². The number of hydrogen-bond acceptors (Lipinski definition) is 3. The zero-order chi connectivity index (χ0) is 16.2. The lowest BCUT2D eigenvalue weighted by Gasteiger charge is -2.46. The molecule has 2 amide bonds. The van der Waals surface area contributed by atoms with Gasteiger partial charge in [0.25, 0.3) is 0 Å². The van der Waals surface area contributed by atoms with E-state index in [-0.39, 0.29) is 23.8 Å². The molecule has 3 unspecified atom stereocenters. The van der Waals surface area contributed by atoms with Crippen LogP contribution in [0, 0.1) is 5.92 Å². The minimum Gasteiger partial charge on any atom is -0.377 e. The molecule has 0 radical (unpaired) electrons. The van der Waals surface area contributed by atoms with Gasteiger partial charge in [0.15, 0.2) is 0 Å². The number of amides is 2. The Labute approximate surface area is 128 Å². The number of piperazine rings is 1. The maximum atomic E-state index is 12.8. The number of nitrogens with one attached hydrogen (secondary N) is 1. The van der Waals surface area contributed by atoms with Gasteiger partial charge in [-0.05, 0) is 33.1 Å². The number of rotatable bonds is 7. The Bertz CT molecular complexity index is 384. The van der Waals surface area contributed by atoms with Crippen LogP contribution in [0.5, 0.6) is 0 Å². The van der Waals surface area contributed by atoms with Gasteiger partial charge in [0, 0.05) is 6.54 Å². The summed E-state index contributed by atoms with van der Waals surface area (Å²) in [5.74, 6) is 0.0921. The van der Waals surface area contributed by atoms with Crippen LogP contribution in [-0.2, 0) is 14.3 Å². The van der Waals surface area contributed by atoms with E-state index in [9.17, 15) is 9.59 Å². The highest BCUT2D eigenvalue weighted by atomic mass is 16.5. The van der Waals surface area contributed by atoms with Crippen molar-refractivity contribution >= 4 is 11.8 Å². The summed E-state index contributed by atoms with van der Waals surface area (Å²) in [6, 6.07) is -0.391. The highest BCUT2D eigenvalue weighted by Crippen LogP contribution is 2.26. The molecule has 3 atom stereocenters. The fraction of sp³-hybridized carbons (Fsp3) is 0.875. The van der Waals surface area contributed by atoms with Crippen LogP contribution < -0.4 is 5.32 Å². The third-order valence-electron chi connectivity index (χ3n) is 4.41. The van der Waals surface area contributed by atoms with E-state index < -0.39 is 11.6 Å². The molecule has 1 aliphatic heterocycles. The summed E-state index contributed by atoms with van der Waals surface area (Å²) in [5.41, 5.74) is -0.793. The molecular formula is C16H30N2O3. The van der Waals surface area contributed by atoms with E-state index in [1.807, 2.05) is 34.6 Å². The summed E-state index contributed by atoms with van der Waals surface area (Å²) in [5, 5.41) is 2.92. The lowest BCUT2D eigenvalue weighted by molar-refractivity contribution is -0.157. The number of carbonyl (C=O) groups excluding carboxylic acids is 2. The number of ether oxygens (including phenoxy) is 1. The average Bonchev–Trinajstić information content (AvgIpc) is 2.43. The monoisotopic (exact) mass is 298 g/mol. The van der Waals surface area contributed by atoms with Gasteiger partial charge in [-0.15, -0.1) is 0 Å². The van der Waals surface area contributed by atoms with Gasteiger partial charge in [0.1, 0.15) is 11.6 Å². The van der Waals surface area contributed by atoms with Crippen LogP contribution >= 0.6 is 0 Å². The molecular weight excluding hydrogens is 268 g/mol. The van der Waals surface area contributed by atoms with Crippen LogP contribution in [0.3, 0.4) is 0 Å². The van der Waals surface area contributed by atoms with Crippen molar-refractivity contribution in [2.24, 2.45) is 5.92 Å². The van der Waals surface area contributed by atoms with Gasteiger partial charge in [0.2, 0.25) is 11.8 Å². The van der Waals surface area contributed by atoms with Gasteiger partial charge >= 0.3 is 0 Å². The largest absolute Gasteiger partial charge is 0.377 e. The van der Waals surface area contributed by atoms with E-state index in [0.717, 1.165) is 6.42 Å². The summed E-state index contributed by atoms with van der Waals surface area (Å²) in [6.07, 6.45) is 1.57.